The lowest BCUT2D eigenvalue weighted by Crippen LogP contribution is -2.28. The van der Waals surface area contributed by atoms with Crippen LogP contribution in [0.3, 0.4) is 0 Å². The molecule has 1 heterocycles. The molecule has 0 bridgehead atoms. The Hall–Kier alpha value is -3.28. The molecular weight excluding hydrogens is 358 g/mol. The van der Waals surface area contributed by atoms with E-state index in [1.54, 1.807) is 13.2 Å². The van der Waals surface area contributed by atoms with E-state index in [0.29, 0.717) is 36.5 Å². The first-order valence-corrected chi connectivity index (χ1v) is 9.13. The lowest BCUT2D eigenvalue weighted by Gasteiger charge is -2.10. The van der Waals surface area contributed by atoms with Crippen LogP contribution in [0.25, 0.3) is 11.0 Å². The molecule has 0 saturated heterocycles. The molecule has 1 N–H and O–H groups in total. The van der Waals surface area contributed by atoms with Crippen molar-refractivity contribution in [3.63, 3.8) is 0 Å². The molecule has 0 atom stereocenters. The van der Waals surface area contributed by atoms with Crippen molar-refractivity contribution < 1.29 is 18.7 Å². The van der Waals surface area contributed by atoms with E-state index in [4.69, 9.17) is 13.9 Å². The van der Waals surface area contributed by atoms with Crippen molar-refractivity contribution in [2.45, 2.75) is 19.8 Å². The van der Waals surface area contributed by atoms with Gasteiger partial charge in [-0.25, -0.2) is 4.79 Å². The largest absolute Gasteiger partial charge is 0.497 e. The smallest absolute Gasteiger partial charge is 0.339 e. The van der Waals surface area contributed by atoms with Gasteiger partial charge >= 0.3 is 5.63 Å². The molecule has 0 aliphatic rings. The van der Waals surface area contributed by atoms with Crippen molar-refractivity contribution in [3.05, 3.63) is 70.1 Å². The number of benzene rings is 2. The van der Waals surface area contributed by atoms with E-state index in [1.807, 2.05) is 49.4 Å². The van der Waals surface area contributed by atoms with Crippen LogP contribution in [0.15, 0.2) is 57.7 Å². The average Bonchev–Trinajstić information content (AvgIpc) is 2.71. The molecule has 1 amide bonds. The number of fused-ring (bicyclic) bond motifs is 1. The first-order valence-electron chi connectivity index (χ1n) is 9.13. The molecular formula is C22H23NO5. The van der Waals surface area contributed by atoms with Gasteiger partial charge in [0.2, 0.25) is 5.91 Å². The van der Waals surface area contributed by atoms with Gasteiger partial charge in [-0.15, -0.1) is 0 Å². The number of hydrogen-bond donors (Lipinski definition) is 1. The minimum atomic E-state index is -0.418. The third kappa shape index (κ3) is 4.71. The zero-order valence-corrected chi connectivity index (χ0v) is 16.0. The SMILES string of the molecule is COc1ccc2c(C)c(CCC(=O)NCCOc3ccccc3)c(=O)oc2c1. The summed E-state index contributed by atoms with van der Waals surface area (Å²) in [6.45, 7) is 2.65. The highest BCUT2D eigenvalue weighted by Gasteiger charge is 2.13. The van der Waals surface area contributed by atoms with Crippen LogP contribution in [0.4, 0.5) is 0 Å². The normalized spacial score (nSPS) is 10.6. The number of rotatable bonds is 8. The third-order valence-corrected chi connectivity index (χ3v) is 4.53. The second-order valence-corrected chi connectivity index (χ2v) is 6.37. The van der Waals surface area contributed by atoms with Crippen molar-refractivity contribution in [3.8, 4) is 11.5 Å². The number of hydrogen-bond acceptors (Lipinski definition) is 5. The minimum absolute atomic E-state index is 0.134. The van der Waals surface area contributed by atoms with E-state index >= 15 is 0 Å². The number of aryl methyl sites for hydroxylation is 1. The average molecular weight is 381 g/mol. The summed E-state index contributed by atoms with van der Waals surface area (Å²) >= 11 is 0. The fourth-order valence-corrected chi connectivity index (χ4v) is 2.99. The van der Waals surface area contributed by atoms with Crippen molar-refractivity contribution in [1.82, 2.24) is 5.32 Å². The molecule has 0 spiro atoms. The molecule has 6 heteroatoms. The molecule has 0 radical (unpaired) electrons. The highest BCUT2D eigenvalue weighted by molar-refractivity contribution is 5.82. The summed E-state index contributed by atoms with van der Waals surface area (Å²) in [5.74, 6) is 1.25. The molecule has 6 nitrogen and oxygen atoms in total. The Kier molecular flexibility index (Phi) is 6.32. The molecule has 0 unspecified atom stereocenters. The molecule has 3 aromatic rings. The summed E-state index contributed by atoms with van der Waals surface area (Å²) in [6, 6.07) is 14.8. The second kappa shape index (κ2) is 9.08. The Bertz CT molecular complexity index is 1010. The van der Waals surface area contributed by atoms with Gasteiger partial charge in [0.25, 0.3) is 0 Å². The molecule has 1 aromatic heterocycles. The molecule has 28 heavy (non-hydrogen) atoms. The van der Waals surface area contributed by atoms with E-state index in [9.17, 15) is 9.59 Å². The van der Waals surface area contributed by atoms with E-state index in [-0.39, 0.29) is 12.3 Å². The number of ether oxygens (including phenoxy) is 2. The van der Waals surface area contributed by atoms with Crippen molar-refractivity contribution in [2.75, 3.05) is 20.3 Å². The van der Waals surface area contributed by atoms with E-state index in [2.05, 4.69) is 5.32 Å². The molecule has 0 saturated carbocycles. The monoisotopic (exact) mass is 381 g/mol. The lowest BCUT2D eigenvalue weighted by molar-refractivity contribution is -0.121. The van der Waals surface area contributed by atoms with Gasteiger partial charge in [0.1, 0.15) is 23.7 Å². The molecule has 2 aromatic carbocycles. The number of nitrogens with one attached hydrogen (secondary N) is 1. The molecule has 146 valence electrons. The minimum Gasteiger partial charge on any atom is -0.497 e. The van der Waals surface area contributed by atoms with Crippen LogP contribution in [0, 0.1) is 6.92 Å². The van der Waals surface area contributed by atoms with E-state index < -0.39 is 5.63 Å². The predicted octanol–water partition coefficient (Wildman–Crippen LogP) is 3.24. The Labute approximate surface area is 163 Å². The predicted molar refractivity (Wildman–Crippen MR) is 107 cm³/mol. The highest BCUT2D eigenvalue weighted by atomic mass is 16.5. The van der Waals surface area contributed by atoms with E-state index in [1.165, 1.54) is 0 Å². The van der Waals surface area contributed by atoms with Gasteiger partial charge in [0.15, 0.2) is 0 Å². The zero-order chi connectivity index (χ0) is 19.9. The number of carbonyl (C=O) groups is 1. The summed E-state index contributed by atoms with van der Waals surface area (Å²) in [5.41, 5.74) is 1.41. The Morgan fingerprint density at radius 1 is 1.11 bits per heavy atom. The van der Waals surface area contributed by atoms with Crippen molar-refractivity contribution in [1.29, 1.82) is 0 Å². The van der Waals surface area contributed by atoms with Gasteiger partial charge in [-0.2, -0.15) is 0 Å². The van der Waals surface area contributed by atoms with Crippen LogP contribution in [0.5, 0.6) is 11.5 Å². The van der Waals surface area contributed by atoms with Gasteiger partial charge in [-0.3, -0.25) is 4.79 Å². The summed E-state index contributed by atoms with van der Waals surface area (Å²) in [5, 5.41) is 3.64. The first-order chi connectivity index (χ1) is 13.6. The van der Waals surface area contributed by atoms with E-state index in [0.717, 1.165) is 16.7 Å². The summed E-state index contributed by atoms with van der Waals surface area (Å²) in [7, 11) is 1.56. The van der Waals surface area contributed by atoms with Crippen molar-refractivity contribution >= 4 is 16.9 Å². The third-order valence-electron chi connectivity index (χ3n) is 4.53. The molecule has 0 aliphatic carbocycles. The summed E-state index contributed by atoms with van der Waals surface area (Å²) in [4.78, 5) is 24.4. The van der Waals surface area contributed by atoms with Gasteiger partial charge < -0.3 is 19.2 Å². The number of para-hydroxylation sites is 1. The first kappa shape index (κ1) is 19.5. The maximum atomic E-state index is 12.3. The van der Waals surface area contributed by atoms with Gasteiger partial charge in [-0.1, -0.05) is 18.2 Å². The maximum absolute atomic E-state index is 12.3. The summed E-state index contributed by atoms with van der Waals surface area (Å²) < 4.78 is 16.1. The highest BCUT2D eigenvalue weighted by Crippen LogP contribution is 2.24. The van der Waals surface area contributed by atoms with Gasteiger partial charge in [-0.05, 0) is 43.2 Å². The lowest BCUT2D eigenvalue weighted by atomic mass is 10.0. The van der Waals surface area contributed by atoms with Crippen LogP contribution >= 0.6 is 0 Å². The van der Waals surface area contributed by atoms with Crippen LogP contribution in [-0.4, -0.2) is 26.2 Å². The van der Waals surface area contributed by atoms with Crippen LogP contribution in [0.1, 0.15) is 17.5 Å². The Morgan fingerprint density at radius 3 is 2.64 bits per heavy atom. The number of carbonyl (C=O) groups excluding carboxylic acids is 1. The number of methoxy groups -OCH3 is 1. The fourth-order valence-electron chi connectivity index (χ4n) is 2.99. The van der Waals surface area contributed by atoms with Crippen molar-refractivity contribution in [2.24, 2.45) is 0 Å². The topological polar surface area (TPSA) is 77.8 Å². The summed E-state index contributed by atoms with van der Waals surface area (Å²) in [6.07, 6.45) is 0.528. The molecule has 3 rings (SSSR count). The van der Waals surface area contributed by atoms with Crippen LogP contribution in [-0.2, 0) is 11.2 Å². The molecule has 0 fully saturated rings. The Balaban J connectivity index is 1.55. The van der Waals surface area contributed by atoms with Gasteiger partial charge in [0.05, 0.1) is 13.7 Å². The second-order valence-electron chi connectivity index (χ2n) is 6.37. The maximum Gasteiger partial charge on any atom is 0.339 e. The molecule has 0 aliphatic heterocycles. The fraction of sp³-hybridized carbons (Fsp3) is 0.273. The van der Waals surface area contributed by atoms with Crippen LogP contribution in [0.2, 0.25) is 0 Å². The van der Waals surface area contributed by atoms with Gasteiger partial charge in [0, 0.05) is 23.4 Å². The Morgan fingerprint density at radius 2 is 1.89 bits per heavy atom. The zero-order valence-electron chi connectivity index (χ0n) is 16.0. The standard InChI is InChI=1S/C22H23NO5/c1-15-18-9-8-17(26-2)14-20(18)28-22(25)19(15)10-11-21(24)23-12-13-27-16-6-4-3-5-7-16/h3-9,14H,10-13H2,1-2H3,(H,23,24). The quantitative estimate of drug-likeness (QED) is 0.479. The van der Waals surface area contributed by atoms with Crippen LogP contribution < -0.4 is 20.4 Å². The number of amides is 1.